The number of carbonyl (C=O) groups excluding carboxylic acids is 3. The number of para-hydroxylation sites is 1. The zero-order valence-electron chi connectivity index (χ0n) is 13.8. The molecular weight excluding hydrogens is 318 g/mol. The Bertz CT molecular complexity index is 758. The number of allylic oxidation sites excluding steroid dienone is 2. The fraction of sp³-hybridized carbons (Fsp3) is 0.421. The molecule has 130 valence electrons. The quantitative estimate of drug-likeness (QED) is 0.726. The summed E-state index contributed by atoms with van der Waals surface area (Å²) in [6, 6.07) is 5.96. The van der Waals surface area contributed by atoms with Gasteiger partial charge in [0.2, 0.25) is 11.8 Å². The van der Waals surface area contributed by atoms with Crippen LogP contribution in [-0.2, 0) is 9.59 Å². The average molecular weight is 339 g/mol. The Hall–Kier alpha value is -2.63. The predicted octanol–water partition coefficient (Wildman–Crippen LogP) is 1.46. The molecule has 4 atom stereocenters. The van der Waals surface area contributed by atoms with E-state index in [1.165, 1.54) is 6.42 Å². The molecule has 2 bridgehead atoms. The first-order valence-electron chi connectivity index (χ1n) is 8.76. The predicted molar refractivity (Wildman–Crippen MR) is 92.8 cm³/mol. The van der Waals surface area contributed by atoms with Crippen molar-refractivity contribution < 1.29 is 14.4 Å². The van der Waals surface area contributed by atoms with Gasteiger partial charge in [0.25, 0.3) is 5.91 Å². The summed E-state index contributed by atoms with van der Waals surface area (Å²) in [5, 5.41) is 8.29. The van der Waals surface area contributed by atoms with E-state index in [1.807, 2.05) is 0 Å². The van der Waals surface area contributed by atoms with Crippen LogP contribution in [0.25, 0.3) is 0 Å². The second kappa shape index (κ2) is 6.35. The van der Waals surface area contributed by atoms with E-state index in [4.69, 9.17) is 0 Å². The minimum absolute atomic E-state index is 0.0534. The van der Waals surface area contributed by atoms with Crippen LogP contribution in [0.15, 0.2) is 36.4 Å². The molecule has 0 unspecified atom stereocenters. The molecule has 0 radical (unpaired) electrons. The zero-order chi connectivity index (χ0) is 17.4. The molecule has 0 saturated heterocycles. The second-order valence-corrected chi connectivity index (χ2v) is 7.11. The maximum absolute atomic E-state index is 12.3. The van der Waals surface area contributed by atoms with Gasteiger partial charge in [-0.15, -0.1) is 0 Å². The van der Waals surface area contributed by atoms with Crippen LogP contribution >= 0.6 is 0 Å². The number of hydrogen-bond donors (Lipinski definition) is 3. The van der Waals surface area contributed by atoms with Gasteiger partial charge < -0.3 is 16.0 Å². The van der Waals surface area contributed by atoms with Crippen molar-refractivity contribution in [2.45, 2.75) is 25.3 Å². The SMILES string of the molecule is O=C(C[C@H]1NC(=O)c2ccccc2NC1=O)NC[C@H]1C[C@H]2C=C[C@H]1C2. The minimum atomic E-state index is -0.861. The van der Waals surface area contributed by atoms with Crippen molar-refractivity contribution in [1.82, 2.24) is 10.6 Å². The van der Waals surface area contributed by atoms with Gasteiger partial charge in [-0.05, 0) is 42.7 Å². The molecule has 6 nitrogen and oxygen atoms in total. The van der Waals surface area contributed by atoms with Crippen LogP contribution in [0.4, 0.5) is 5.69 Å². The number of hydrogen-bond acceptors (Lipinski definition) is 3. The first-order valence-corrected chi connectivity index (χ1v) is 8.76. The monoisotopic (exact) mass is 339 g/mol. The van der Waals surface area contributed by atoms with Crippen molar-refractivity contribution in [2.24, 2.45) is 17.8 Å². The van der Waals surface area contributed by atoms with E-state index in [9.17, 15) is 14.4 Å². The summed E-state index contributed by atoms with van der Waals surface area (Å²) in [7, 11) is 0. The van der Waals surface area contributed by atoms with E-state index < -0.39 is 6.04 Å². The summed E-state index contributed by atoms with van der Waals surface area (Å²) >= 11 is 0. The fourth-order valence-corrected chi connectivity index (χ4v) is 4.09. The topological polar surface area (TPSA) is 87.3 Å². The largest absolute Gasteiger partial charge is 0.356 e. The molecule has 3 amide bonds. The third-order valence-corrected chi connectivity index (χ3v) is 5.42. The number of benzene rings is 1. The van der Waals surface area contributed by atoms with Gasteiger partial charge in [0.15, 0.2) is 0 Å². The molecule has 4 rings (SSSR count). The third-order valence-electron chi connectivity index (χ3n) is 5.42. The van der Waals surface area contributed by atoms with E-state index in [0.717, 1.165) is 6.42 Å². The number of rotatable bonds is 4. The molecule has 6 heteroatoms. The van der Waals surface area contributed by atoms with Crippen LogP contribution in [-0.4, -0.2) is 30.3 Å². The Morgan fingerprint density at radius 2 is 2.00 bits per heavy atom. The molecule has 1 fully saturated rings. The molecule has 3 N–H and O–H groups in total. The maximum atomic E-state index is 12.3. The number of fused-ring (bicyclic) bond motifs is 3. The van der Waals surface area contributed by atoms with Gasteiger partial charge in [0, 0.05) is 6.54 Å². The lowest BCUT2D eigenvalue weighted by Crippen LogP contribution is -2.45. The number of anilines is 1. The highest BCUT2D eigenvalue weighted by Crippen LogP contribution is 2.42. The molecule has 3 aliphatic rings. The Morgan fingerprint density at radius 3 is 2.76 bits per heavy atom. The summed E-state index contributed by atoms with van der Waals surface area (Å²) in [4.78, 5) is 36.8. The molecule has 1 aliphatic heterocycles. The summed E-state index contributed by atoms with van der Waals surface area (Å²) in [5.74, 6) is 0.804. The average Bonchev–Trinajstić information content (AvgIpc) is 3.20. The molecule has 2 aliphatic carbocycles. The van der Waals surface area contributed by atoms with Gasteiger partial charge in [-0.1, -0.05) is 24.3 Å². The van der Waals surface area contributed by atoms with Crippen LogP contribution < -0.4 is 16.0 Å². The summed E-state index contributed by atoms with van der Waals surface area (Å²) < 4.78 is 0. The first-order chi connectivity index (χ1) is 12.1. The molecule has 1 heterocycles. The van der Waals surface area contributed by atoms with E-state index in [0.29, 0.717) is 35.5 Å². The van der Waals surface area contributed by atoms with Crippen molar-refractivity contribution in [1.29, 1.82) is 0 Å². The molecular formula is C19H21N3O3. The Kier molecular flexibility index (Phi) is 4.03. The molecule has 1 saturated carbocycles. The molecule has 0 spiro atoms. The highest BCUT2D eigenvalue weighted by Gasteiger charge is 2.36. The lowest BCUT2D eigenvalue weighted by molar-refractivity contribution is -0.125. The van der Waals surface area contributed by atoms with Crippen molar-refractivity contribution in [3.05, 3.63) is 42.0 Å². The van der Waals surface area contributed by atoms with Crippen LogP contribution in [0.1, 0.15) is 29.6 Å². The van der Waals surface area contributed by atoms with Crippen molar-refractivity contribution in [2.75, 3.05) is 11.9 Å². The van der Waals surface area contributed by atoms with Gasteiger partial charge in [-0.2, -0.15) is 0 Å². The fourth-order valence-electron chi connectivity index (χ4n) is 4.09. The highest BCUT2D eigenvalue weighted by atomic mass is 16.2. The number of nitrogens with one attached hydrogen (secondary N) is 3. The molecule has 1 aromatic carbocycles. The number of carbonyl (C=O) groups is 3. The standard InChI is InChI=1S/C19H21N3O3/c23-17(20-10-13-8-11-5-6-12(13)7-11)9-16-19(25)21-15-4-2-1-3-14(15)18(24)22-16/h1-6,11-13,16H,7-10H2,(H,20,23)(H,21,25)(H,22,24)/t11-,12-,13+,16+/m0/s1. The zero-order valence-corrected chi connectivity index (χ0v) is 13.8. The third kappa shape index (κ3) is 3.16. The lowest BCUT2D eigenvalue weighted by atomic mass is 9.93. The maximum Gasteiger partial charge on any atom is 0.254 e. The van der Waals surface area contributed by atoms with Gasteiger partial charge in [-0.25, -0.2) is 0 Å². The Morgan fingerprint density at radius 1 is 1.16 bits per heavy atom. The van der Waals surface area contributed by atoms with Gasteiger partial charge in [0.05, 0.1) is 17.7 Å². The van der Waals surface area contributed by atoms with Crippen LogP contribution in [0, 0.1) is 17.8 Å². The highest BCUT2D eigenvalue weighted by molar-refractivity contribution is 6.10. The van der Waals surface area contributed by atoms with Crippen LogP contribution in [0.3, 0.4) is 0 Å². The van der Waals surface area contributed by atoms with Crippen LogP contribution in [0.5, 0.6) is 0 Å². The summed E-state index contributed by atoms with van der Waals surface area (Å²) in [6.45, 7) is 0.632. The second-order valence-electron chi connectivity index (χ2n) is 7.11. The minimum Gasteiger partial charge on any atom is -0.356 e. The van der Waals surface area contributed by atoms with Crippen molar-refractivity contribution in [3.8, 4) is 0 Å². The normalized spacial score (nSPS) is 29.6. The summed E-state index contributed by atoms with van der Waals surface area (Å²) in [6.07, 6.45) is 6.78. The van der Waals surface area contributed by atoms with E-state index in [-0.39, 0.29) is 24.1 Å². The Labute approximate surface area is 146 Å². The van der Waals surface area contributed by atoms with Crippen molar-refractivity contribution in [3.63, 3.8) is 0 Å². The lowest BCUT2D eigenvalue weighted by Gasteiger charge is -2.19. The van der Waals surface area contributed by atoms with Crippen LogP contribution in [0.2, 0.25) is 0 Å². The Balaban J connectivity index is 1.34. The van der Waals surface area contributed by atoms with Gasteiger partial charge >= 0.3 is 0 Å². The number of amides is 3. The molecule has 25 heavy (non-hydrogen) atoms. The summed E-state index contributed by atoms with van der Waals surface area (Å²) in [5.41, 5.74) is 0.884. The molecule has 0 aromatic heterocycles. The van der Waals surface area contributed by atoms with E-state index in [2.05, 4.69) is 28.1 Å². The van der Waals surface area contributed by atoms with Crippen molar-refractivity contribution >= 4 is 23.4 Å². The van der Waals surface area contributed by atoms with Gasteiger partial charge in [0.1, 0.15) is 6.04 Å². The first kappa shape index (κ1) is 15.9. The van der Waals surface area contributed by atoms with E-state index in [1.54, 1.807) is 24.3 Å². The van der Waals surface area contributed by atoms with E-state index >= 15 is 0 Å². The smallest absolute Gasteiger partial charge is 0.254 e. The van der Waals surface area contributed by atoms with Gasteiger partial charge in [-0.3, -0.25) is 14.4 Å². The molecule has 1 aromatic rings.